The van der Waals surface area contributed by atoms with Crippen LogP contribution in [-0.4, -0.2) is 29.8 Å². The Labute approximate surface area is 134 Å². The monoisotopic (exact) mass is 357 g/mol. The largest absolute Gasteiger partial charge is 0.396 e. The van der Waals surface area contributed by atoms with Crippen LogP contribution in [0.5, 0.6) is 0 Å². The van der Waals surface area contributed by atoms with Crippen molar-refractivity contribution < 1.29 is 14.6 Å². The molecule has 1 aromatic carbocycles. The van der Waals surface area contributed by atoms with Crippen molar-refractivity contribution in [3.63, 3.8) is 0 Å². The van der Waals surface area contributed by atoms with Crippen LogP contribution in [0, 0.1) is 11.8 Å². The van der Waals surface area contributed by atoms with Crippen molar-refractivity contribution >= 4 is 21.8 Å². The summed E-state index contributed by atoms with van der Waals surface area (Å²) in [6.07, 6.45) is 0.588. The maximum absolute atomic E-state index is 11.7. The van der Waals surface area contributed by atoms with Crippen LogP contribution in [0.3, 0.4) is 0 Å². The molecule has 0 fully saturated rings. The molecule has 5 heteroatoms. The van der Waals surface area contributed by atoms with Gasteiger partial charge >= 0.3 is 0 Å². The number of carbonyl (C=O) groups excluding carboxylic acids is 1. The Morgan fingerprint density at radius 3 is 2.33 bits per heavy atom. The third kappa shape index (κ3) is 6.59. The lowest BCUT2D eigenvalue weighted by Gasteiger charge is -2.27. The Kier molecular flexibility index (Phi) is 6.84. The van der Waals surface area contributed by atoms with Crippen LogP contribution >= 0.6 is 15.9 Å². The first kappa shape index (κ1) is 18.1. The molecule has 1 amide bonds. The second-order valence-corrected chi connectivity index (χ2v) is 7.12. The van der Waals surface area contributed by atoms with Crippen molar-refractivity contribution in [3.05, 3.63) is 34.3 Å². The zero-order chi connectivity index (χ0) is 16.0. The summed E-state index contributed by atoms with van der Waals surface area (Å²) in [6, 6.07) is 7.81. The van der Waals surface area contributed by atoms with Crippen molar-refractivity contribution in [3.8, 4) is 0 Å². The van der Waals surface area contributed by atoms with Crippen molar-refractivity contribution in [1.29, 1.82) is 0 Å². The van der Waals surface area contributed by atoms with Crippen molar-refractivity contribution in [2.75, 3.05) is 13.2 Å². The Bertz CT molecular complexity index is 454. The lowest BCUT2D eigenvalue weighted by atomic mass is 9.87. The van der Waals surface area contributed by atoms with E-state index in [1.807, 2.05) is 45.0 Å². The van der Waals surface area contributed by atoms with E-state index >= 15 is 0 Å². The summed E-state index contributed by atoms with van der Waals surface area (Å²) >= 11 is 3.38. The van der Waals surface area contributed by atoms with Gasteiger partial charge in [-0.3, -0.25) is 4.79 Å². The van der Waals surface area contributed by atoms with E-state index in [1.54, 1.807) is 0 Å². The second-order valence-electron chi connectivity index (χ2n) is 6.21. The average Bonchev–Trinajstić information content (AvgIpc) is 2.38. The number of hydrogen-bond donors (Lipinski definition) is 2. The van der Waals surface area contributed by atoms with E-state index in [0.29, 0.717) is 6.42 Å². The standard InChI is InChI=1S/C16H24BrNO3/c1-16(2,3)21-10-14(15(18)20)12(9-19)8-11-4-6-13(17)7-5-11/h4-7,12,14,19H,8-10H2,1-3H3,(H2,18,20)/t12-,14?/m1/s1. The Balaban J connectivity index is 2.77. The average molecular weight is 358 g/mol. The predicted octanol–water partition coefficient (Wildman–Crippen LogP) is 2.52. The molecule has 1 unspecified atom stereocenters. The fourth-order valence-corrected chi connectivity index (χ4v) is 2.31. The zero-order valence-corrected chi connectivity index (χ0v) is 14.4. The van der Waals surface area contributed by atoms with Crippen LogP contribution in [0.2, 0.25) is 0 Å². The molecule has 0 aliphatic heterocycles. The predicted molar refractivity (Wildman–Crippen MR) is 86.8 cm³/mol. The number of rotatable bonds is 7. The lowest BCUT2D eigenvalue weighted by molar-refractivity contribution is -0.129. The van der Waals surface area contributed by atoms with Crippen molar-refractivity contribution in [2.24, 2.45) is 17.6 Å². The number of amides is 1. The summed E-state index contributed by atoms with van der Waals surface area (Å²) in [7, 11) is 0. The van der Waals surface area contributed by atoms with Crippen molar-refractivity contribution in [1.82, 2.24) is 0 Å². The maximum atomic E-state index is 11.7. The smallest absolute Gasteiger partial charge is 0.223 e. The zero-order valence-electron chi connectivity index (χ0n) is 12.8. The third-order valence-electron chi connectivity index (χ3n) is 3.28. The summed E-state index contributed by atoms with van der Waals surface area (Å²) in [5.41, 5.74) is 6.20. The van der Waals surface area contributed by atoms with E-state index in [1.165, 1.54) is 0 Å². The molecular weight excluding hydrogens is 334 g/mol. The van der Waals surface area contributed by atoms with E-state index in [9.17, 15) is 9.90 Å². The van der Waals surface area contributed by atoms with E-state index in [4.69, 9.17) is 10.5 Å². The van der Waals surface area contributed by atoms with E-state index in [2.05, 4.69) is 15.9 Å². The molecule has 0 saturated carbocycles. The van der Waals surface area contributed by atoms with Gasteiger partial charge in [-0.05, 0) is 50.8 Å². The number of hydrogen-bond acceptors (Lipinski definition) is 3. The molecular formula is C16H24BrNO3. The van der Waals surface area contributed by atoms with Gasteiger partial charge < -0.3 is 15.6 Å². The number of aliphatic hydroxyl groups excluding tert-OH is 1. The SMILES string of the molecule is CC(C)(C)OCC(C(N)=O)[C@@H](CO)Cc1ccc(Br)cc1. The fraction of sp³-hybridized carbons (Fsp3) is 0.562. The molecule has 0 bridgehead atoms. The summed E-state index contributed by atoms with van der Waals surface area (Å²) in [6.45, 7) is 5.90. The minimum absolute atomic E-state index is 0.100. The molecule has 0 heterocycles. The minimum atomic E-state index is -0.502. The first-order valence-corrected chi connectivity index (χ1v) is 7.81. The molecule has 1 rings (SSSR count). The van der Waals surface area contributed by atoms with Gasteiger partial charge in [0.1, 0.15) is 0 Å². The van der Waals surface area contributed by atoms with Gasteiger partial charge in [0.15, 0.2) is 0 Å². The van der Waals surface area contributed by atoms with Gasteiger partial charge in [-0.2, -0.15) is 0 Å². The van der Waals surface area contributed by atoms with Gasteiger partial charge in [-0.25, -0.2) is 0 Å². The van der Waals surface area contributed by atoms with Crippen LogP contribution in [0.1, 0.15) is 26.3 Å². The summed E-state index contributed by atoms with van der Waals surface area (Å²) < 4.78 is 6.67. The molecule has 0 aliphatic carbocycles. The van der Waals surface area contributed by atoms with Gasteiger partial charge in [0, 0.05) is 11.1 Å². The Morgan fingerprint density at radius 1 is 1.33 bits per heavy atom. The van der Waals surface area contributed by atoms with E-state index < -0.39 is 11.8 Å². The molecule has 118 valence electrons. The van der Waals surface area contributed by atoms with Crippen LogP contribution in [-0.2, 0) is 16.0 Å². The van der Waals surface area contributed by atoms with Crippen molar-refractivity contribution in [2.45, 2.75) is 32.8 Å². The number of primary amides is 1. The first-order chi connectivity index (χ1) is 9.73. The normalized spacial score (nSPS) is 14.7. The highest BCUT2D eigenvalue weighted by molar-refractivity contribution is 9.10. The number of carbonyl (C=O) groups is 1. The highest BCUT2D eigenvalue weighted by Gasteiger charge is 2.28. The van der Waals surface area contributed by atoms with E-state index in [-0.39, 0.29) is 24.7 Å². The molecule has 4 nitrogen and oxygen atoms in total. The number of ether oxygens (including phenoxy) is 1. The molecule has 21 heavy (non-hydrogen) atoms. The molecule has 0 aromatic heterocycles. The minimum Gasteiger partial charge on any atom is -0.396 e. The quantitative estimate of drug-likeness (QED) is 0.787. The Morgan fingerprint density at radius 2 is 1.90 bits per heavy atom. The summed E-state index contributed by atoms with van der Waals surface area (Å²) in [4.78, 5) is 11.7. The van der Waals surface area contributed by atoms with E-state index in [0.717, 1.165) is 10.0 Å². The molecule has 0 radical (unpaired) electrons. The first-order valence-electron chi connectivity index (χ1n) is 7.01. The molecule has 1 aromatic rings. The molecule has 0 spiro atoms. The maximum Gasteiger partial charge on any atom is 0.223 e. The fourth-order valence-electron chi connectivity index (χ4n) is 2.05. The highest BCUT2D eigenvalue weighted by atomic mass is 79.9. The summed E-state index contributed by atoms with van der Waals surface area (Å²) in [5, 5.41) is 9.62. The molecule has 3 N–H and O–H groups in total. The second kappa shape index (κ2) is 7.92. The number of aliphatic hydroxyl groups is 1. The van der Waals surface area contributed by atoms with Gasteiger partial charge in [-0.1, -0.05) is 28.1 Å². The highest BCUT2D eigenvalue weighted by Crippen LogP contribution is 2.21. The molecule has 2 atom stereocenters. The summed E-state index contributed by atoms with van der Waals surface area (Å²) in [5.74, 6) is -1.18. The third-order valence-corrected chi connectivity index (χ3v) is 3.80. The molecule has 0 saturated heterocycles. The number of benzene rings is 1. The van der Waals surface area contributed by atoms with Crippen LogP contribution in [0.25, 0.3) is 0 Å². The van der Waals surface area contributed by atoms with Crippen LogP contribution in [0.15, 0.2) is 28.7 Å². The van der Waals surface area contributed by atoms with Crippen LogP contribution in [0.4, 0.5) is 0 Å². The molecule has 0 aliphatic rings. The lowest BCUT2D eigenvalue weighted by Crippen LogP contribution is -2.38. The Hall–Kier alpha value is -0.910. The van der Waals surface area contributed by atoms with Gasteiger partial charge in [0.25, 0.3) is 0 Å². The van der Waals surface area contributed by atoms with Gasteiger partial charge in [0.2, 0.25) is 5.91 Å². The van der Waals surface area contributed by atoms with Gasteiger partial charge in [-0.15, -0.1) is 0 Å². The van der Waals surface area contributed by atoms with Crippen LogP contribution < -0.4 is 5.73 Å². The number of halogens is 1. The van der Waals surface area contributed by atoms with Gasteiger partial charge in [0.05, 0.1) is 18.1 Å². The topological polar surface area (TPSA) is 72.5 Å². The number of nitrogens with two attached hydrogens (primary N) is 1.